The summed E-state index contributed by atoms with van der Waals surface area (Å²) < 4.78 is 17.2. The standard InChI is InChI=1S/C17H21NO3/c1-19-16-4-2-3-15-17(16)5-6-18(15)9-11-7-13-14(8-12(11)17)21-10-20-13/h7-8,15-16H,2-6,9-10H2,1H3/t15-,16-,17+/m1/s1. The van der Waals surface area contributed by atoms with Crippen LogP contribution < -0.4 is 9.47 Å². The molecule has 1 unspecified atom stereocenters. The Morgan fingerprint density at radius 3 is 2.95 bits per heavy atom. The molecular weight excluding hydrogens is 266 g/mol. The lowest BCUT2D eigenvalue weighted by atomic mass is 9.62. The zero-order valence-corrected chi connectivity index (χ0v) is 12.4. The molecule has 21 heavy (non-hydrogen) atoms. The Labute approximate surface area is 125 Å². The van der Waals surface area contributed by atoms with Crippen LogP contribution >= 0.6 is 0 Å². The number of ether oxygens (including phenoxy) is 3. The van der Waals surface area contributed by atoms with Crippen LogP contribution in [0.3, 0.4) is 0 Å². The monoisotopic (exact) mass is 287 g/mol. The maximum absolute atomic E-state index is 5.96. The fraction of sp³-hybridized carbons (Fsp3) is 0.647. The van der Waals surface area contributed by atoms with Crippen LogP contribution in [0.15, 0.2) is 12.1 Å². The first kappa shape index (κ1) is 12.3. The van der Waals surface area contributed by atoms with E-state index in [-0.39, 0.29) is 5.41 Å². The average molecular weight is 287 g/mol. The lowest BCUT2D eigenvalue weighted by molar-refractivity contribution is -0.0256. The molecule has 4 nitrogen and oxygen atoms in total. The van der Waals surface area contributed by atoms with E-state index in [1.54, 1.807) is 0 Å². The summed E-state index contributed by atoms with van der Waals surface area (Å²) in [6, 6.07) is 5.10. The van der Waals surface area contributed by atoms with Crippen molar-refractivity contribution in [1.82, 2.24) is 4.90 Å². The second kappa shape index (κ2) is 4.14. The van der Waals surface area contributed by atoms with Crippen molar-refractivity contribution in [1.29, 1.82) is 0 Å². The number of benzene rings is 1. The van der Waals surface area contributed by atoms with E-state index in [0.717, 1.165) is 18.0 Å². The number of hydrogen-bond donors (Lipinski definition) is 0. The van der Waals surface area contributed by atoms with Crippen molar-refractivity contribution in [2.24, 2.45) is 0 Å². The zero-order chi connectivity index (χ0) is 14.0. The van der Waals surface area contributed by atoms with Crippen LogP contribution in [0, 0.1) is 0 Å². The second-order valence-electron chi connectivity index (χ2n) is 6.79. The van der Waals surface area contributed by atoms with Crippen LogP contribution in [0.5, 0.6) is 11.5 Å². The zero-order valence-electron chi connectivity index (χ0n) is 12.4. The molecule has 112 valence electrons. The van der Waals surface area contributed by atoms with Crippen molar-refractivity contribution in [2.45, 2.75) is 49.8 Å². The number of methoxy groups -OCH3 is 1. The van der Waals surface area contributed by atoms with Gasteiger partial charge in [0.05, 0.1) is 6.10 Å². The molecular formula is C17H21NO3. The van der Waals surface area contributed by atoms with Gasteiger partial charge in [-0.2, -0.15) is 0 Å². The lowest BCUT2D eigenvalue weighted by Gasteiger charge is -2.50. The van der Waals surface area contributed by atoms with Gasteiger partial charge in [-0.15, -0.1) is 0 Å². The smallest absolute Gasteiger partial charge is 0.231 e. The fourth-order valence-electron chi connectivity index (χ4n) is 5.32. The summed E-state index contributed by atoms with van der Waals surface area (Å²) in [4.78, 5) is 2.66. The van der Waals surface area contributed by atoms with E-state index in [0.29, 0.717) is 18.9 Å². The molecule has 4 aliphatic rings. The number of rotatable bonds is 1. The van der Waals surface area contributed by atoms with Crippen molar-refractivity contribution in [3.8, 4) is 11.5 Å². The third-order valence-corrected chi connectivity index (χ3v) is 6.12. The van der Waals surface area contributed by atoms with Crippen molar-refractivity contribution in [2.75, 3.05) is 20.4 Å². The van der Waals surface area contributed by atoms with Gasteiger partial charge in [-0.1, -0.05) is 0 Å². The van der Waals surface area contributed by atoms with Crippen LogP contribution in [-0.2, 0) is 16.7 Å². The first-order valence-electron chi connectivity index (χ1n) is 8.03. The topological polar surface area (TPSA) is 30.9 Å². The summed E-state index contributed by atoms with van der Waals surface area (Å²) in [5, 5.41) is 0. The Bertz CT molecular complexity index is 602. The molecule has 1 aromatic carbocycles. The Balaban J connectivity index is 1.73. The van der Waals surface area contributed by atoms with E-state index < -0.39 is 0 Å². The minimum absolute atomic E-state index is 0.168. The quantitative estimate of drug-likeness (QED) is 0.794. The summed E-state index contributed by atoms with van der Waals surface area (Å²) in [5.74, 6) is 1.83. The Hall–Kier alpha value is -1.26. The molecule has 1 aliphatic carbocycles. The normalized spacial score (nSPS) is 39.0. The molecule has 3 heterocycles. The molecule has 0 spiro atoms. The van der Waals surface area contributed by atoms with Crippen molar-refractivity contribution < 1.29 is 14.2 Å². The van der Waals surface area contributed by atoms with Crippen LogP contribution in [0.25, 0.3) is 0 Å². The van der Waals surface area contributed by atoms with Gasteiger partial charge in [-0.3, -0.25) is 4.90 Å². The van der Waals surface area contributed by atoms with E-state index in [2.05, 4.69) is 17.0 Å². The molecule has 0 radical (unpaired) electrons. The molecule has 2 bridgehead atoms. The average Bonchev–Trinajstić information content (AvgIpc) is 3.07. The van der Waals surface area contributed by atoms with E-state index in [9.17, 15) is 0 Å². The lowest BCUT2D eigenvalue weighted by Crippen LogP contribution is -2.56. The molecule has 4 atom stereocenters. The van der Waals surface area contributed by atoms with Gasteiger partial charge in [0.25, 0.3) is 0 Å². The molecule has 1 aromatic rings. The summed E-state index contributed by atoms with van der Waals surface area (Å²) in [5.41, 5.74) is 3.05. The third kappa shape index (κ3) is 1.42. The van der Waals surface area contributed by atoms with Gasteiger partial charge in [0.1, 0.15) is 0 Å². The Morgan fingerprint density at radius 1 is 1.24 bits per heavy atom. The van der Waals surface area contributed by atoms with Crippen molar-refractivity contribution in [3.05, 3.63) is 23.3 Å². The van der Waals surface area contributed by atoms with Gasteiger partial charge in [0.2, 0.25) is 6.79 Å². The Kier molecular flexibility index (Phi) is 2.43. The Morgan fingerprint density at radius 2 is 2.10 bits per heavy atom. The highest BCUT2D eigenvalue weighted by Crippen LogP contribution is 2.56. The van der Waals surface area contributed by atoms with Crippen LogP contribution in [0.4, 0.5) is 0 Å². The van der Waals surface area contributed by atoms with Gasteiger partial charge in [-0.25, -0.2) is 0 Å². The van der Waals surface area contributed by atoms with Crippen LogP contribution in [0.2, 0.25) is 0 Å². The predicted octanol–water partition coefficient (Wildman–Crippen LogP) is 2.44. The second-order valence-corrected chi connectivity index (χ2v) is 6.79. The molecule has 0 amide bonds. The van der Waals surface area contributed by atoms with Gasteiger partial charge in [0, 0.05) is 25.1 Å². The molecule has 3 aliphatic heterocycles. The van der Waals surface area contributed by atoms with E-state index in [1.165, 1.54) is 43.4 Å². The summed E-state index contributed by atoms with van der Waals surface area (Å²) in [6.07, 6.45) is 5.30. The van der Waals surface area contributed by atoms with E-state index >= 15 is 0 Å². The molecule has 0 N–H and O–H groups in total. The van der Waals surface area contributed by atoms with Crippen molar-refractivity contribution in [3.63, 3.8) is 0 Å². The van der Waals surface area contributed by atoms with Crippen LogP contribution in [0.1, 0.15) is 36.8 Å². The first-order valence-corrected chi connectivity index (χ1v) is 8.03. The largest absolute Gasteiger partial charge is 0.454 e. The number of nitrogens with zero attached hydrogens (tertiary/aromatic N) is 1. The molecule has 0 aromatic heterocycles. The van der Waals surface area contributed by atoms with Crippen molar-refractivity contribution >= 4 is 0 Å². The van der Waals surface area contributed by atoms with Gasteiger partial charge in [0.15, 0.2) is 11.5 Å². The molecule has 5 rings (SSSR count). The highest BCUT2D eigenvalue weighted by molar-refractivity contribution is 5.54. The molecule has 1 saturated carbocycles. The number of hydrogen-bond acceptors (Lipinski definition) is 4. The highest BCUT2D eigenvalue weighted by atomic mass is 16.7. The maximum Gasteiger partial charge on any atom is 0.231 e. The summed E-state index contributed by atoms with van der Waals surface area (Å²) in [6.45, 7) is 2.59. The van der Waals surface area contributed by atoms with Gasteiger partial charge in [-0.05, 0) is 55.5 Å². The molecule has 2 fully saturated rings. The molecule has 1 saturated heterocycles. The van der Waals surface area contributed by atoms with E-state index in [4.69, 9.17) is 14.2 Å². The van der Waals surface area contributed by atoms with E-state index in [1.807, 2.05) is 7.11 Å². The minimum atomic E-state index is 0.168. The summed E-state index contributed by atoms with van der Waals surface area (Å²) in [7, 11) is 1.88. The minimum Gasteiger partial charge on any atom is -0.454 e. The van der Waals surface area contributed by atoms with Crippen LogP contribution in [-0.4, -0.2) is 37.5 Å². The summed E-state index contributed by atoms with van der Waals surface area (Å²) >= 11 is 0. The maximum atomic E-state index is 5.96. The predicted molar refractivity (Wildman–Crippen MR) is 77.7 cm³/mol. The van der Waals surface area contributed by atoms with Gasteiger partial charge < -0.3 is 14.2 Å². The van der Waals surface area contributed by atoms with Gasteiger partial charge >= 0.3 is 0 Å². The number of fused-ring (bicyclic) bond motifs is 2. The molecule has 4 heteroatoms. The SMILES string of the molecule is CO[C@@H]1CCC[C@H]2N3CC[C@@]12c1cc2c(cc1C3)OCO2. The third-order valence-electron chi connectivity index (χ3n) is 6.12. The fourth-order valence-corrected chi connectivity index (χ4v) is 5.32. The highest BCUT2D eigenvalue weighted by Gasteiger charge is 2.58. The first-order chi connectivity index (χ1) is 10.3.